The Labute approximate surface area is 127 Å². The number of hydrogen-bond donors (Lipinski definition) is 0. The molecule has 0 aliphatic carbocycles. The zero-order valence-electron chi connectivity index (χ0n) is 12.9. The van der Waals surface area contributed by atoms with E-state index in [0.29, 0.717) is 17.7 Å². The lowest BCUT2D eigenvalue weighted by Gasteiger charge is -2.40. The molecule has 1 aromatic rings. The minimum atomic E-state index is 0.345. The molecule has 0 aromatic carbocycles. The number of carbonyl (C=O) groups is 1. The van der Waals surface area contributed by atoms with Gasteiger partial charge >= 0.3 is 0 Å². The zero-order valence-corrected chi connectivity index (χ0v) is 12.9. The predicted octanol–water partition coefficient (Wildman–Crippen LogP) is 2.13. The Bertz CT molecular complexity index is 462. The molecule has 2 aliphatic rings. The Hall–Kier alpha value is -1.42. The van der Waals surface area contributed by atoms with Gasteiger partial charge in [0.2, 0.25) is 5.91 Å². The first kappa shape index (κ1) is 14.5. The van der Waals surface area contributed by atoms with Crippen molar-refractivity contribution in [1.29, 1.82) is 0 Å². The maximum absolute atomic E-state index is 12.3. The third-order valence-corrected chi connectivity index (χ3v) is 4.96. The summed E-state index contributed by atoms with van der Waals surface area (Å²) in [5, 5.41) is 0. The number of amides is 1. The molecular weight excluding hydrogens is 262 g/mol. The van der Waals surface area contributed by atoms with Gasteiger partial charge in [0.25, 0.3) is 0 Å². The molecule has 4 heteroatoms. The van der Waals surface area contributed by atoms with Crippen molar-refractivity contribution in [3.05, 3.63) is 30.1 Å². The lowest BCUT2D eigenvalue weighted by molar-refractivity contribution is -0.137. The summed E-state index contributed by atoms with van der Waals surface area (Å²) in [7, 11) is 0. The van der Waals surface area contributed by atoms with Gasteiger partial charge in [0.15, 0.2) is 0 Å². The van der Waals surface area contributed by atoms with Crippen LogP contribution in [-0.4, -0.2) is 53.4 Å². The van der Waals surface area contributed by atoms with E-state index in [-0.39, 0.29) is 0 Å². The molecule has 0 atom stereocenters. The molecule has 114 valence electrons. The number of pyridine rings is 1. The highest BCUT2D eigenvalue weighted by atomic mass is 16.2. The number of carbonyl (C=O) groups excluding carboxylic acids is 1. The van der Waals surface area contributed by atoms with E-state index in [4.69, 9.17) is 0 Å². The monoisotopic (exact) mass is 287 g/mol. The van der Waals surface area contributed by atoms with E-state index in [1.807, 2.05) is 23.2 Å². The van der Waals surface area contributed by atoms with Gasteiger partial charge in [0.05, 0.1) is 0 Å². The van der Waals surface area contributed by atoms with E-state index in [1.165, 1.54) is 12.8 Å². The summed E-state index contributed by atoms with van der Waals surface area (Å²) in [6.07, 6.45) is 4.93. The molecule has 3 heterocycles. The minimum absolute atomic E-state index is 0.345. The van der Waals surface area contributed by atoms with Crippen LogP contribution < -0.4 is 0 Å². The lowest BCUT2D eigenvalue weighted by Crippen LogP contribution is -2.49. The highest BCUT2D eigenvalue weighted by Gasteiger charge is 2.33. The molecule has 0 bridgehead atoms. The summed E-state index contributed by atoms with van der Waals surface area (Å²) in [6, 6.07) is 6.02. The molecule has 0 radical (unpaired) electrons. The highest BCUT2D eigenvalue weighted by molar-refractivity contribution is 5.77. The van der Waals surface area contributed by atoms with Gasteiger partial charge in [-0.1, -0.05) is 13.0 Å². The lowest BCUT2D eigenvalue weighted by atomic mass is 9.90. The van der Waals surface area contributed by atoms with Crippen molar-refractivity contribution in [3.63, 3.8) is 0 Å². The van der Waals surface area contributed by atoms with Crippen molar-refractivity contribution in [2.45, 2.75) is 32.1 Å². The number of hydrogen-bond acceptors (Lipinski definition) is 3. The molecule has 1 amide bonds. The number of piperidine rings is 1. The molecular formula is C17H25N3O. The summed E-state index contributed by atoms with van der Waals surface area (Å²) in [5.41, 5.74) is 1.12. The highest BCUT2D eigenvalue weighted by Crippen LogP contribution is 2.28. The van der Waals surface area contributed by atoms with Crippen molar-refractivity contribution in [2.75, 3.05) is 32.7 Å². The number of likely N-dealkylation sites (tertiary alicyclic amines) is 2. The average Bonchev–Trinajstić information content (AvgIpc) is 2.47. The number of aromatic nitrogens is 1. The summed E-state index contributed by atoms with van der Waals surface area (Å²) < 4.78 is 0. The Morgan fingerprint density at radius 3 is 2.67 bits per heavy atom. The van der Waals surface area contributed by atoms with E-state index in [1.54, 1.807) is 0 Å². The molecule has 3 rings (SSSR count). The first-order valence-electron chi connectivity index (χ1n) is 8.17. The van der Waals surface area contributed by atoms with Crippen LogP contribution in [0.3, 0.4) is 0 Å². The van der Waals surface area contributed by atoms with Gasteiger partial charge < -0.3 is 9.80 Å². The normalized spacial score (nSPS) is 21.3. The van der Waals surface area contributed by atoms with E-state index >= 15 is 0 Å². The molecule has 0 saturated carbocycles. The van der Waals surface area contributed by atoms with Crippen LogP contribution in [0.5, 0.6) is 0 Å². The van der Waals surface area contributed by atoms with Crippen LogP contribution in [0.4, 0.5) is 0 Å². The van der Waals surface area contributed by atoms with E-state index in [0.717, 1.165) is 44.8 Å². The van der Waals surface area contributed by atoms with E-state index in [9.17, 15) is 4.79 Å². The van der Waals surface area contributed by atoms with Crippen LogP contribution in [-0.2, 0) is 4.79 Å². The number of rotatable bonds is 4. The fourth-order valence-corrected chi connectivity index (χ4v) is 3.37. The Balaban J connectivity index is 1.42. The quantitative estimate of drug-likeness (QED) is 0.851. The number of nitrogens with zero attached hydrogens (tertiary/aromatic N) is 3. The van der Waals surface area contributed by atoms with Crippen LogP contribution in [0.25, 0.3) is 0 Å². The van der Waals surface area contributed by atoms with Gasteiger partial charge in [-0.05, 0) is 50.5 Å². The molecule has 2 aliphatic heterocycles. The largest absolute Gasteiger partial charge is 0.341 e. The van der Waals surface area contributed by atoms with Crippen LogP contribution in [0.15, 0.2) is 24.4 Å². The summed E-state index contributed by atoms with van der Waals surface area (Å²) in [4.78, 5) is 21.2. The van der Waals surface area contributed by atoms with Crippen molar-refractivity contribution in [3.8, 4) is 0 Å². The van der Waals surface area contributed by atoms with Gasteiger partial charge in [0, 0.05) is 37.3 Å². The molecule has 0 spiro atoms. The van der Waals surface area contributed by atoms with Gasteiger partial charge in [-0.15, -0.1) is 0 Å². The molecule has 2 saturated heterocycles. The second-order valence-corrected chi connectivity index (χ2v) is 6.33. The summed E-state index contributed by atoms with van der Waals surface area (Å²) in [6.45, 7) is 7.37. The van der Waals surface area contributed by atoms with Gasteiger partial charge in [-0.2, -0.15) is 0 Å². The minimum Gasteiger partial charge on any atom is -0.341 e. The third-order valence-electron chi connectivity index (χ3n) is 4.96. The molecule has 21 heavy (non-hydrogen) atoms. The average molecular weight is 287 g/mol. The molecule has 2 fully saturated rings. The maximum Gasteiger partial charge on any atom is 0.222 e. The second-order valence-electron chi connectivity index (χ2n) is 6.33. The van der Waals surface area contributed by atoms with Gasteiger partial charge in [-0.3, -0.25) is 9.78 Å². The van der Waals surface area contributed by atoms with Gasteiger partial charge in [-0.25, -0.2) is 0 Å². The fourth-order valence-electron chi connectivity index (χ4n) is 3.37. The molecule has 0 unspecified atom stereocenters. The first-order chi connectivity index (χ1) is 10.3. The Kier molecular flexibility index (Phi) is 4.54. The van der Waals surface area contributed by atoms with Crippen molar-refractivity contribution >= 4 is 5.91 Å². The molecule has 0 N–H and O–H groups in total. The summed E-state index contributed by atoms with van der Waals surface area (Å²) >= 11 is 0. The SMILES string of the molecule is CCN1CCC(CC(=O)N2CC(c3ccccn3)C2)CC1. The first-order valence-corrected chi connectivity index (χ1v) is 8.17. The van der Waals surface area contributed by atoms with Crippen molar-refractivity contribution in [2.24, 2.45) is 5.92 Å². The molecule has 4 nitrogen and oxygen atoms in total. The molecule has 1 aromatic heterocycles. The zero-order chi connectivity index (χ0) is 14.7. The van der Waals surface area contributed by atoms with E-state index < -0.39 is 0 Å². The summed E-state index contributed by atoms with van der Waals surface area (Å²) in [5.74, 6) is 1.38. The van der Waals surface area contributed by atoms with Crippen LogP contribution >= 0.6 is 0 Å². The predicted molar refractivity (Wildman–Crippen MR) is 83.0 cm³/mol. The fraction of sp³-hybridized carbons (Fsp3) is 0.647. The smallest absolute Gasteiger partial charge is 0.222 e. The standard InChI is InChI=1S/C17H25N3O/c1-2-19-9-6-14(7-10-19)11-17(21)20-12-15(13-20)16-5-3-4-8-18-16/h3-5,8,14-15H,2,6-7,9-13H2,1H3. The Morgan fingerprint density at radius 1 is 1.29 bits per heavy atom. The van der Waals surface area contributed by atoms with Crippen molar-refractivity contribution < 1.29 is 4.79 Å². The topological polar surface area (TPSA) is 36.4 Å². The van der Waals surface area contributed by atoms with Gasteiger partial charge in [0.1, 0.15) is 0 Å². The Morgan fingerprint density at radius 2 is 2.05 bits per heavy atom. The van der Waals surface area contributed by atoms with Crippen LogP contribution in [0.1, 0.15) is 37.8 Å². The van der Waals surface area contributed by atoms with Crippen LogP contribution in [0.2, 0.25) is 0 Å². The third kappa shape index (κ3) is 3.43. The van der Waals surface area contributed by atoms with Crippen molar-refractivity contribution in [1.82, 2.24) is 14.8 Å². The maximum atomic E-state index is 12.3. The van der Waals surface area contributed by atoms with E-state index in [2.05, 4.69) is 22.9 Å². The second kappa shape index (κ2) is 6.56. The van der Waals surface area contributed by atoms with Crippen LogP contribution in [0, 0.1) is 5.92 Å².